The monoisotopic (exact) mass is 285 g/mol. The predicted octanol–water partition coefficient (Wildman–Crippen LogP) is 3.09. The summed E-state index contributed by atoms with van der Waals surface area (Å²) < 4.78 is 4.19. The molecule has 3 heteroatoms. The van der Waals surface area contributed by atoms with Gasteiger partial charge in [0, 0.05) is 12.5 Å². The van der Waals surface area contributed by atoms with Gasteiger partial charge in [0.25, 0.3) is 0 Å². The molecular formula is C18H25N2O+. The molecule has 0 bridgehead atoms. The van der Waals surface area contributed by atoms with Crippen molar-refractivity contribution in [3.8, 4) is 0 Å². The van der Waals surface area contributed by atoms with Gasteiger partial charge in [0.2, 0.25) is 12.3 Å². The molecular weight excluding hydrogens is 260 g/mol. The van der Waals surface area contributed by atoms with Crippen LogP contribution in [0.5, 0.6) is 0 Å². The minimum Gasteiger partial charge on any atom is -0.292 e. The number of hydrogen-bond acceptors (Lipinski definition) is 1. The van der Waals surface area contributed by atoms with E-state index < -0.39 is 0 Å². The number of nitrogens with zero attached hydrogens (tertiary/aromatic N) is 2. The van der Waals surface area contributed by atoms with E-state index in [4.69, 9.17) is 0 Å². The molecule has 0 amide bonds. The lowest BCUT2D eigenvalue weighted by molar-refractivity contribution is -0.766. The minimum absolute atomic E-state index is 0.248. The van der Waals surface area contributed by atoms with E-state index in [-0.39, 0.29) is 5.78 Å². The molecule has 21 heavy (non-hydrogen) atoms. The molecule has 2 rings (SSSR count). The van der Waals surface area contributed by atoms with E-state index in [0.29, 0.717) is 19.0 Å². The van der Waals surface area contributed by atoms with Crippen LogP contribution in [0.1, 0.15) is 42.3 Å². The van der Waals surface area contributed by atoms with Crippen molar-refractivity contribution < 1.29 is 9.48 Å². The second-order valence-electron chi connectivity index (χ2n) is 6.08. The van der Waals surface area contributed by atoms with Crippen molar-refractivity contribution in [2.45, 2.75) is 53.6 Å². The maximum atomic E-state index is 12.4. The predicted molar refractivity (Wildman–Crippen MR) is 84.4 cm³/mol. The highest BCUT2D eigenvalue weighted by atomic mass is 16.1. The van der Waals surface area contributed by atoms with Gasteiger partial charge in [-0.2, -0.15) is 4.68 Å². The molecule has 0 aliphatic heterocycles. The Bertz CT molecular complexity index is 633. The van der Waals surface area contributed by atoms with Gasteiger partial charge in [-0.1, -0.05) is 18.2 Å². The summed E-state index contributed by atoms with van der Waals surface area (Å²) in [6, 6.07) is 8.61. The number of carbonyl (C=O) groups excluding carboxylic acids is 1. The minimum atomic E-state index is 0.248. The molecule has 0 N–H and O–H groups in total. The Kier molecular flexibility index (Phi) is 4.61. The van der Waals surface area contributed by atoms with Crippen LogP contribution in [-0.4, -0.2) is 10.5 Å². The van der Waals surface area contributed by atoms with Crippen molar-refractivity contribution in [1.29, 1.82) is 0 Å². The molecule has 0 aliphatic carbocycles. The highest BCUT2D eigenvalue weighted by Crippen LogP contribution is 2.14. The van der Waals surface area contributed by atoms with E-state index in [1.165, 1.54) is 22.4 Å². The van der Waals surface area contributed by atoms with Gasteiger partial charge in [0.05, 0.1) is 11.7 Å². The van der Waals surface area contributed by atoms with Gasteiger partial charge in [0.1, 0.15) is 0 Å². The van der Waals surface area contributed by atoms with Gasteiger partial charge in [-0.15, -0.1) is 4.68 Å². The van der Waals surface area contributed by atoms with Crippen LogP contribution in [0.2, 0.25) is 0 Å². The third-order valence-electron chi connectivity index (χ3n) is 3.97. The fourth-order valence-electron chi connectivity index (χ4n) is 2.94. The van der Waals surface area contributed by atoms with E-state index in [0.717, 1.165) is 0 Å². The number of aryl methyl sites for hydroxylation is 3. The van der Waals surface area contributed by atoms with Crippen LogP contribution in [0.25, 0.3) is 0 Å². The summed E-state index contributed by atoms with van der Waals surface area (Å²) in [5, 5.41) is 0. The van der Waals surface area contributed by atoms with E-state index in [1.54, 1.807) is 0 Å². The Hall–Kier alpha value is -1.90. The summed E-state index contributed by atoms with van der Waals surface area (Å²) in [7, 11) is 0. The smallest absolute Gasteiger partial charge is 0.230 e. The van der Waals surface area contributed by atoms with Crippen LogP contribution >= 0.6 is 0 Å². The lowest BCUT2D eigenvalue weighted by Gasteiger charge is -2.10. The third kappa shape index (κ3) is 3.41. The first-order valence-electron chi connectivity index (χ1n) is 7.54. The molecule has 0 unspecified atom stereocenters. The summed E-state index contributed by atoms with van der Waals surface area (Å²) in [6.07, 6.45) is 2.51. The average Bonchev–Trinajstić information content (AvgIpc) is 2.75. The zero-order valence-electron chi connectivity index (χ0n) is 13.7. The average molecular weight is 285 g/mol. The molecule has 0 atom stereocenters. The van der Waals surface area contributed by atoms with Gasteiger partial charge < -0.3 is 0 Å². The van der Waals surface area contributed by atoms with Crippen molar-refractivity contribution in [3.05, 3.63) is 52.8 Å². The third-order valence-corrected chi connectivity index (χ3v) is 3.97. The van der Waals surface area contributed by atoms with Gasteiger partial charge in [-0.3, -0.25) is 4.79 Å². The quantitative estimate of drug-likeness (QED) is 0.775. The van der Waals surface area contributed by atoms with E-state index >= 15 is 0 Å². The number of carbonyl (C=O) groups is 1. The fraction of sp³-hybridized carbons (Fsp3) is 0.444. The fourth-order valence-corrected chi connectivity index (χ4v) is 2.94. The zero-order valence-corrected chi connectivity index (χ0v) is 13.7. The summed E-state index contributed by atoms with van der Waals surface area (Å²) in [4.78, 5) is 12.4. The first-order chi connectivity index (χ1) is 9.90. The second kappa shape index (κ2) is 6.25. The summed E-state index contributed by atoms with van der Waals surface area (Å²) in [6.45, 7) is 10.9. The van der Waals surface area contributed by atoms with E-state index in [9.17, 15) is 4.79 Å². The van der Waals surface area contributed by atoms with Gasteiger partial charge >= 0.3 is 0 Å². The first-order valence-corrected chi connectivity index (χ1v) is 7.54. The van der Waals surface area contributed by atoms with Crippen LogP contribution in [0.4, 0.5) is 0 Å². The summed E-state index contributed by atoms with van der Waals surface area (Å²) >= 11 is 0. The normalized spacial score (nSPS) is 11.1. The molecule has 2 aromatic rings. The second-order valence-corrected chi connectivity index (χ2v) is 6.08. The molecule has 112 valence electrons. The highest BCUT2D eigenvalue weighted by Gasteiger charge is 2.19. The Labute approximate surface area is 127 Å². The maximum Gasteiger partial charge on any atom is 0.230 e. The zero-order chi connectivity index (χ0) is 15.6. The van der Waals surface area contributed by atoms with E-state index in [2.05, 4.69) is 57.5 Å². The van der Waals surface area contributed by atoms with E-state index in [1.807, 2.05) is 16.9 Å². The molecule has 0 radical (unpaired) electrons. The van der Waals surface area contributed by atoms with Crippen molar-refractivity contribution >= 4 is 5.78 Å². The lowest BCUT2D eigenvalue weighted by Crippen LogP contribution is -2.47. The number of benzene rings is 1. The molecule has 0 saturated carbocycles. The molecule has 0 aliphatic rings. The molecule has 3 nitrogen and oxygen atoms in total. The number of hydrogen-bond donors (Lipinski definition) is 0. The van der Waals surface area contributed by atoms with Gasteiger partial charge in [-0.25, -0.2) is 0 Å². The van der Waals surface area contributed by atoms with Crippen LogP contribution < -0.4 is 4.68 Å². The number of Topliss-reactive ketones (excluding diaryl/α,β-unsaturated/α-hetero) is 1. The SMILES string of the molecule is Cc1cccc(C)c1CC(=O)C[n+]1ccc(C)n1C(C)C. The Balaban J connectivity index is 2.16. The van der Waals surface area contributed by atoms with Crippen LogP contribution in [0, 0.1) is 20.8 Å². The number of aromatic nitrogens is 2. The lowest BCUT2D eigenvalue weighted by atomic mass is 9.98. The van der Waals surface area contributed by atoms with Crippen molar-refractivity contribution in [2.24, 2.45) is 0 Å². The molecule has 1 heterocycles. The number of ketones is 1. The van der Waals surface area contributed by atoms with Gasteiger partial charge in [0.15, 0.2) is 6.20 Å². The number of rotatable bonds is 5. The van der Waals surface area contributed by atoms with Crippen LogP contribution in [0.15, 0.2) is 30.5 Å². The van der Waals surface area contributed by atoms with Crippen molar-refractivity contribution in [2.75, 3.05) is 0 Å². The maximum absolute atomic E-state index is 12.4. The Morgan fingerprint density at radius 3 is 2.33 bits per heavy atom. The topological polar surface area (TPSA) is 25.9 Å². The first kappa shape index (κ1) is 15.5. The molecule has 0 saturated heterocycles. The summed E-state index contributed by atoms with van der Waals surface area (Å²) in [5.41, 5.74) is 4.75. The summed E-state index contributed by atoms with van der Waals surface area (Å²) in [5.74, 6) is 0.248. The standard InChI is InChI=1S/C18H25N2O/c1-13(2)20-16(5)9-10-19(20)12-17(21)11-18-14(3)7-6-8-15(18)4/h6-10,13H,11-12H2,1-5H3/q+1. The Morgan fingerprint density at radius 1 is 1.14 bits per heavy atom. The van der Waals surface area contributed by atoms with Crippen LogP contribution in [0.3, 0.4) is 0 Å². The van der Waals surface area contributed by atoms with Crippen LogP contribution in [-0.2, 0) is 17.8 Å². The molecule has 1 aromatic carbocycles. The van der Waals surface area contributed by atoms with Gasteiger partial charge in [-0.05, 0) is 51.3 Å². The van der Waals surface area contributed by atoms with Crippen molar-refractivity contribution in [3.63, 3.8) is 0 Å². The largest absolute Gasteiger partial charge is 0.292 e. The molecule has 1 aromatic heterocycles. The molecule has 0 fully saturated rings. The Morgan fingerprint density at radius 2 is 1.76 bits per heavy atom. The highest BCUT2D eigenvalue weighted by molar-refractivity contribution is 5.80. The van der Waals surface area contributed by atoms with Crippen molar-refractivity contribution in [1.82, 2.24) is 4.68 Å². The molecule has 0 spiro atoms.